The highest BCUT2D eigenvalue weighted by atomic mass is 16.5. The molecule has 0 atom stereocenters. The predicted molar refractivity (Wildman–Crippen MR) is 117 cm³/mol. The molecule has 1 aliphatic heterocycles. The number of aromatic nitrogens is 1. The fourth-order valence-electron chi connectivity index (χ4n) is 3.50. The van der Waals surface area contributed by atoms with Crippen molar-refractivity contribution < 1.29 is 9.47 Å². The van der Waals surface area contributed by atoms with Gasteiger partial charge in [-0.1, -0.05) is 6.07 Å². The fourth-order valence-corrected chi connectivity index (χ4v) is 3.50. The molecule has 0 radical (unpaired) electrons. The highest BCUT2D eigenvalue weighted by molar-refractivity contribution is 5.80. The quantitative estimate of drug-likeness (QED) is 0.553. The van der Waals surface area contributed by atoms with E-state index in [1.165, 1.54) is 0 Å². The maximum Gasteiger partial charge on any atom is 0.191 e. The Hall–Kier alpha value is -2.96. The highest BCUT2D eigenvalue weighted by Crippen LogP contribution is 2.30. The number of benzene rings is 1. The Morgan fingerprint density at radius 3 is 2.45 bits per heavy atom. The molecule has 1 aromatic heterocycles. The van der Waals surface area contributed by atoms with E-state index in [2.05, 4.69) is 37.6 Å². The number of ether oxygens (including phenoxy) is 2. The van der Waals surface area contributed by atoms with Gasteiger partial charge < -0.3 is 25.0 Å². The predicted octanol–water partition coefficient (Wildman–Crippen LogP) is 2.48. The van der Waals surface area contributed by atoms with Crippen molar-refractivity contribution in [2.45, 2.75) is 25.3 Å². The second-order valence-electron chi connectivity index (χ2n) is 7.05. The average Bonchev–Trinajstić information content (AvgIpc) is 2.79. The van der Waals surface area contributed by atoms with Crippen LogP contribution in [0, 0.1) is 0 Å². The number of aliphatic imine (C=N–C) groups is 1. The Kier molecular flexibility index (Phi) is 7.55. The average molecular weight is 398 g/mol. The van der Waals surface area contributed by atoms with Crippen LogP contribution in [-0.2, 0) is 6.42 Å². The lowest BCUT2D eigenvalue weighted by Crippen LogP contribution is -2.49. The summed E-state index contributed by atoms with van der Waals surface area (Å²) in [5, 5.41) is 6.94. The van der Waals surface area contributed by atoms with Gasteiger partial charge in [-0.15, -0.1) is 0 Å². The van der Waals surface area contributed by atoms with Crippen LogP contribution in [0.4, 0.5) is 5.69 Å². The number of nitrogens with one attached hydrogen (secondary N) is 2. The van der Waals surface area contributed by atoms with Crippen LogP contribution in [0.5, 0.6) is 11.5 Å². The number of anilines is 1. The minimum atomic E-state index is 0.403. The Morgan fingerprint density at radius 2 is 1.86 bits per heavy atom. The molecular formula is C22H31N5O2. The van der Waals surface area contributed by atoms with Crippen LogP contribution in [0.25, 0.3) is 0 Å². The number of nitrogens with zero attached hydrogens (tertiary/aromatic N) is 3. The third-order valence-corrected chi connectivity index (χ3v) is 5.16. The van der Waals surface area contributed by atoms with Crippen LogP contribution < -0.4 is 25.0 Å². The molecule has 0 spiro atoms. The summed E-state index contributed by atoms with van der Waals surface area (Å²) in [7, 11) is 5.18. The van der Waals surface area contributed by atoms with E-state index < -0.39 is 0 Å². The lowest BCUT2D eigenvalue weighted by Gasteiger charge is -2.34. The summed E-state index contributed by atoms with van der Waals surface area (Å²) >= 11 is 0. The topological polar surface area (TPSA) is 71.0 Å². The monoisotopic (exact) mass is 397 g/mol. The molecule has 1 aromatic carbocycles. The summed E-state index contributed by atoms with van der Waals surface area (Å²) in [6.07, 6.45) is 4.78. The number of guanidine groups is 1. The Labute approximate surface area is 173 Å². The minimum absolute atomic E-state index is 0.403. The molecule has 1 fully saturated rings. The SMILES string of the molecule is CN=C(NCCc1ccccn1)NC1CCN(c2cc(OC)cc(OC)c2)CC1. The zero-order chi connectivity index (χ0) is 20.5. The molecule has 156 valence electrons. The van der Waals surface area contributed by atoms with Crippen LogP contribution >= 0.6 is 0 Å². The molecule has 0 amide bonds. The second kappa shape index (κ2) is 10.5. The van der Waals surface area contributed by atoms with Gasteiger partial charge in [-0.25, -0.2) is 0 Å². The van der Waals surface area contributed by atoms with Crippen LogP contribution in [0.3, 0.4) is 0 Å². The molecule has 7 heteroatoms. The summed E-state index contributed by atoms with van der Waals surface area (Å²) in [5.41, 5.74) is 2.22. The van der Waals surface area contributed by atoms with Gasteiger partial charge in [-0.2, -0.15) is 0 Å². The van der Waals surface area contributed by atoms with E-state index in [0.717, 1.165) is 67.7 Å². The molecule has 2 heterocycles. The van der Waals surface area contributed by atoms with Crippen molar-refractivity contribution in [3.8, 4) is 11.5 Å². The van der Waals surface area contributed by atoms with Gasteiger partial charge in [-0.3, -0.25) is 9.98 Å². The summed E-state index contributed by atoms with van der Waals surface area (Å²) in [6.45, 7) is 2.75. The first-order valence-corrected chi connectivity index (χ1v) is 10.1. The van der Waals surface area contributed by atoms with Crippen molar-refractivity contribution >= 4 is 11.6 Å². The van der Waals surface area contributed by atoms with Crippen LogP contribution in [0.2, 0.25) is 0 Å². The lowest BCUT2D eigenvalue weighted by molar-refractivity contribution is 0.393. The molecular weight excluding hydrogens is 366 g/mol. The fraction of sp³-hybridized carbons (Fsp3) is 0.455. The first-order valence-electron chi connectivity index (χ1n) is 10.1. The highest BCUT2D eigenvalue weighted by Gasteiger charge is 2.21. The molecule has 29 heavy (non-hydrogen) atoms. The number of hydrogen-bond donors (Lipinski definition) is 2. The molecule has 7 nitrogen and oxygen atoms in total. The molecule has 2 aromatic rings. The molecule has 1 aliphatic rings. The third-order valence-electron chi connectivity index (χ3n) is 5.16. The Bertz CT molecular complexity index is 767. The lowest BCUT2D eigenvalue weighted by atomic mass is 10.0. The smallest absolute Gasteiger partial charge is 0.191 e. The van der Waals surface area contributed by atoms with E-state index in [1.54, 1.807) is 14.2 Å². The van der Waals surface area contributed by atoms with Crippen molar-refractivity contribution in [1.82, 2.24) is 15.6 Å². The van der Waals surface area contributed by atoms with Crippen molar-refractivity contribution in [3.63, 3.8) is 0 Å². The molecule has 3 rings (SSSR count). The van der Waals surface area contributed by atoms with Crippen molar-refractivity contribution in [3.05, 3.63) is 48.3 Å². The van der Waals surface area contributed by atoms with E-state index in [9.17, 15) is 0 Å². The molecule has 2 N–H and O–H groups in total. The van der Waals surface area contributed by atoms with Crippen LogP contribution in [0.1, 0.15) is 18.5 Å². The van der Waals surface area contributed by atoms with Gasteiger partial charge in [0.15, 0.2) is 5.96 Å². The van der Waals surface area contributed by atoms with Gasteiger partial charge in [0, 0.05) is 74.9 Å². The number of piperidine rings is 1. The van der Waals surface area contributed by atoms with Crippen molar-refractivity contribution in [1.29, 1.82) is 0 Å². The van der Waals surface area contributed by atoms with Gasteiger partial charge in [0.2, 0.25) is 0 Å². The van der Waals surface area contributed by atoms with E-state index >= 15 is 0 Å². The molecule has 0 unspecified atom stereocenters. The number of pyridine rings is 1. The van der Waals surface area contributed by atoms with Crippen molar-refractivity contribution in [2.24, 2.45) is 4.99 Å². The Morgan fingerprint density at radius 1 is 1.14 bits per heavy atom. The first kappa shape index (κ1) is 20.8. The standard InChI is InChI=1S/C22H31N5O2/c1-23-22(25-11-7-17-6-4-5-10-24-17)26-18-8-12-27(13-9-18)19-14-20(28-2)16-21(15-19)29-3/h4-6,10,14-16,18H,7-9,11-13H2,1-3H3,(H2,23,25,26). The summed E-state index contributed by atoms with van der Waals surface area (Å²) in [6, 6.07) is 12.4. The number of hydrogen-bond acceptors (Lipinski definition) is 5. The second-order valence-corrected chi connectivity index (χ2v) is 7.05. The van der Waals surface area contributed by atoms with Gasteiger partial charge in [0.25, 0.3) is 0 Å². The summed E-state index contributed by atoms with van der Waals surface area (Å²) in [4.78, 5) is 11.1. The number of rotatable bonds is 7. The molecule has 1 saturated heterocycles. The molecule has 0 saturated carbocycles. The molecule has 0 aliphatic carbocycles. The van der Waals surface area contributed by atoms with Crippen molar-refractivity contribution in [2.75, 3.05) is 45.8 Å². The van der Waals surface area contributed by atoms with Gasteiger partial charge in [0.05, 0.1) is 14.2 Å². The molecule has 0 bridgehead atoms. The van der Waals surface area contributed by atoms with Gasteiger partial charge in [0.1, 0.15) is 11.5 Å². The number of methoxy groups -OCH3 is 2. The Balaban J connectivity index is 1.47. The van der Waals surface area contributed by atoms with Gasteiger partial charge in [-0.05, 0) is 25.0 Å². The zero-order valence-electron chi connectivity index (χ0n) is 17.5. The first-order chi connectivity index (χ1) is 14.2. The van der Waals surface area contributed by atoms with Gasteiger partial charge >= 0.3 is 0 Å². The maximum absolute atomic E-state index is 5.40. The van der Waals surface area contributed by atoms with E-state index in [0.29, 0.717) is 6.04 Å². The normalized spacial score (nSPS) is 15.1. The third kappa shape index (κ3) is 6.01. The van der Waals surface area contributed by atoms with E-state index in [4.69, 9.17) is 9.47 Å². The van der Waals surface area contributed by atoms with E-state index in [1.807, 2.05) is 37.5 Å². The maximum atomic E-state index is 5.40. The van der Waals surface area contributed by atoms with E-state index in [-0.39, 0.29) is 0 Å². The minimum Gasteiger partial charge on any atom is -0.497 e. The largest absolute Gasteiger partial charge is 0.497 e. The van der Waals surface area contributed by atoms with Crippen LogP contribution in [-0.4, -0.2) is 57.9 Å². The van der Waals surface area contributed by atoms with Crippen LogP contribution in [0.15, 0.2) is 47.6 Å². The zero-order valence-corrected chi connectivity index (χ0v) is 17.5. The summed E-state index contributed by atoms with van der Waals surface area (Å²) in [5.74, 6) is 2.48. The summed E-state index contributed by atoms with van der Waals surface area (Å²) < 4.78 is 10.8.